The van der Waals surface area contributed by atoms with Crippen molar-refractivity contribution >= 4 is 0 Å². The van der Waals surface area contributed by atoms with Crippen LogP contribution in [0.25, 0.3) is 0 Å². The Morgan fingerprint density at radius 2 is 1.71 bits per heavy atom. The topological polar surface area (TPSA) is 12.9 Å². The summed E-state index contributed by atoms with van der Waals surface area (Å²) in [6.07, 6.45) is 10.1. The number of aromatic nitrogens is 1. The van der Waals surface area contributed by atoms with Crippen molar-refractivity contribution in [3.05, 3.63) is 101 Å². The van der Waals surface area contributed by atoms with Crippen molar-refractivity contribution < 1.29 is 0 Å². The number of rotatable bonds is 2. The monoisotopic (exact) mass is 271 g/mol. The quantitative estimate of drug-likeness (QED) is 0.719. The van der Waals surface area contributed by atoms with E-state index in [0.717, 1.165) is 0 Å². The van der Waals surface area contributed by atoms with Gasteiger partial charge in [0.1, 0.15) is 0 Å². The second kappa shape index (κ2) is 4.56. The zero-order valence-electron chi connectivity index (χ0n) is 12.1. The first-order valence-corrected chi connectivity index (χ1v) is 7.35. The lowest BCUT2D eigenvalue weighted by atomic mass is 9.62. The summed E-state index contributed by atoms with van der Waals surface area (Å²) in [5, 5.41) is 0. The molecule has 1 aromatic heterocycles. The Kier molecular flexibility index (Phi) is 2.68. The highest BCUT2D eigenvalue weighted by Gasteiger charge is 2.40. The second-order valence-electron chi connectivity index (χ2n) is 5.73. The van der Waals surface area contributed by atoms with Gasteiger partial charge < -0.3 is 0 Å². The Hall–Kier alpha value is -2.41. The third-order valence-electron chi connectivity index (χ3n) is 4.74. The van der Waals surface area contributed by atoms with Crippen LogP contribution in [0.5, 0.6) is 0 Å². The van der Waals surface area contributed by atoms with E-state index in [2.05, 4.69) is 54.9 Å². The standard InChI is InChI=1S/C20H17N/c1-3-4-7-14-13(2)19-15-8-5-6-9-16(15)20(14)18-12-21-11-10-17(18)19/h3-12,19-20H,1H2,2H3/b7-4-. The maximum absolute atomic E-state index is 4.36. The summed E-state index contributed by atoms with van der Waals surface area (Å²) < 4.78 is 0. The number of hydrogen-bond acceptors (Lipinski definition) is 1. The molecule has 3 aliphatic rings. The Morgan fingerprint density at radius 1 is 1.00 bits per heavy atom. The summed E-state index contributed by atoms with van der Waals surface area (Å²) >= 11 is 0. The maximum Gasteiger partial charge on any atom is 0.0361 e. The molecule has 0 radical (unpaired) electrons. The Morgan fingerprint density at radius 3 is 2.48 bits per heavy atom. The fourth-order valence-electron chi connectivity index (χ4n) is 3.89. The minimum atomic E-state index is 0.311. The number of benzene rings is 1. The molecule has 5 rings (SSSR count). The molecular formula is C20H17N. The predicted molar refractivity (Wildman–Crippen MR) is 86.4 cm³/mol. The average Bonchev–Trinajstić information content (AvgIpc) is 2.54. The van der Waals surface area contributed by atoms with E-state index in [1.165, 1.54) is 33.4 Å². The summed E-state index contributed by atoms with van der Waals surface area (Å²) in [7, 11) is 0. The first-order valence-electron chi connectivity index (χ1n) is 7.35. The van der Waals surface area contributed by atoms with Crippen molar-refractivity contribution in [3.8, 4) is 0 Å². The molecule has 1 heteroatoms. The van der Waals surface area contributed by atoms with Crippen LogP contribution in [0.4, 0.5) is 0 Å². The molecule has 3 aliphatic carbocycles. The van der Waals surface area contributed by atoms with Crippen LogP contribution < -0.4 is 0 Å². The van der Waals surface area contributed by atoms with E-state index in [9.17, 15) is 0 Å². The van der Waals surface area contributed by atoms with Crippen LogP contribution in [0.2, 0.25) is 0 Å². The molecule has 21 heavy (non-hydrogen) atoms. The molecule has 0 N–H and O–H groups in total. The van der Waals surface area contributed by atoms with Crippen molar-refractivity contribution in [3.63, 3.8) is 0 Å². The molecule has 0 aliphatic heterocycles. The second-order valence-corrected chi connectivity index (χ2v) is 5.73. The third kappa shape index (κ3) is 1.61. The highest BCUT2D eigenvalue weighted by Crippen LogP contribution is 2.55. The molecule has 2 atom stereocenters. The van der Waals surface area contributed by atoms with Crippen molar-refractivity contribution in [1.29, 1.82) is 0 Å². The van der Waals surface area contributed by atoms with Gasteiger partial charge in [-0.3, -0.25) is 4.98 Å². The minimum Gasteiger partial charge on any atom is -0.264 e. The van der Waals surface area contributed by atoms with Gasteiger partial charge >= 0.3 is 0 Å². The smallest absolute Gasteiger partial charge is 0.0361 e. The molecule has 0 saturated carbocycles. The summed E-state index contributed by atoms with van der Waals surface area (Å²) in [6.45, 7) is 6.06. The molecule has 2 unspecified atom stereocenters. The lowest BCUT2D eigenvalue weighted by Gasteiger charge is -2.41. The van der Waals surface area contributed by atoms with Crippen LogP contribution in [0.3, 0.4) is 0 Å². The molecule has 0 fully saturated rings. The Labute approximate surface area is 125 Å². The SMILES string of the molecule is C=C/C=C\C1=C(C)C2c3ccccc3C1c1cnccc12. The van der Waals surface area contributed by atoms with Gasteiger partial charge in [0.25, 0.3) is 0 Å². The maximum atomic E-state index is 4.36. The predicted octanol–water partition coefficient (Wildman–Crippen LogP) is 4.73. The van der Waals surface area contributed by atoms with E-state index in [1.54, 1.807) is 0 Å². The fourth-order valence-corrected chi connectivity index (χ4v) is 3.89. The molecule has 0 spiro atoms. The van der Waals surface area contributed by atoms with E-state index in [0.29, 0.717) is 11.8 Å². The molecular weight excluding hydrogens is 254 g/mol. The molecule has 0 saturated heterocycles. The lowest BCUT2D eigenvalue weighted by molar-refractivity contribution is 0.737. The van der Waals surface area contributed by atoms with Crippen molar-refractivity contribution in [1.82, 2.24) is 4.98 Å². The van der Waals surface area contributed by atoms with E-state index in [4.69, 9.17) is 0 Å². The van der Waals surface area contributed by atoms with Gasteiger partial charge in [0.15, 0.2) is 0 Å². The number of nitrogens with zero attached hydrogens (tertiary/aromatic N) is 1. The summed E-state index contributed by atoms with van der Waals surface area (Å²) in [6, 6.07) is 11.0. The molecule has 1 aromatic carbocycles. The van der Waals surface area contributed by atoms with E-state index >= 15 is 0 Å². The molecule has 0 amide bonds. The van der Waals surface area contributed by atoms with Crippen LogP contribution in [-0.2, 0) is 0 Å². The molecule has 2 aromatic rings. The van der Waals surface area contributed by atoms with Crippen LogP contribution in [0, 0.1) is 0 Å². The highest BCUT2D eigenvalue weighted by molar-refractivity contribution is 5.66. The van der Waals surface area contributed by atoms with Gasteiger partial charge in [0.05, 0.1) is 0 Å². The Balaban J connectivity index is 2.03. The van der Waals surface area contributed by atoms with Gasteiger partial charge in [-0.15, -0.1) is 0 Å². The molecule has 1 nitrogen and oxygen atoms in total. The number of hydrogen-bond donors (Lipinski definition) is 0. The van der Waals surface area contributed by atoms with E-state index < -0.39 is 0 Å². The zero-order valence-corrected chi connectivity index (χ0v) is 12.1. The first kappa shape index (κ1) is 12.3. The third-order valence-corrected chi connectivity index (χ3v) is 4.74. The van der Waals surface area contributed by atoms with Gasteiger partial charge in [-0.1, -0.05) is 54.6 Å². The van der Waals surface area contributed by atoms with Crippen LogP contribution >= 0.6 is 0 Å². The normalized spacial score (nSPS) is 22.3. The van der Waals surface area contributed by atoms with Gasteiger partial charge in [-0.05, 0) is 40.8 Å². The van der Waals surface area contributed by atoms with Gasteiger partial charge in [-0.2, -0.15) is 0 Å². The number of allylic oxidation sites excluding steroid dienone is 5. The molecule has 102 valence electrons. The van der Waals surface area contributed by atoms with Gasteiger partial charge in [-0.25, -0.2) is 0 Å². The van der Waals surface area contributed by atoms with E-state index in [1.807, 2.05) is 24.5 Å². The van der Waals surface area contributed by atoms with Crippen molar-refractivity contribution in [2.45, 2.75) is 18.8 Å². The highest BCUT2D eigenvalue weighted by atomic mass is 14.6. The van der Waals surface area contributed by atoms with E-state index in [-0.39, 0.29) is 0 Å². The summed E-state index contributed by atoms with van der Waals surface area (Å²) in [5.74, 6) is 0.680. The summed E-state index contributed by atoms with van der Waals surface area (Å²) in [4.78, 5) is 4.36. The fraction of sp³-hybridized carbons (Fsp3) is 0.150. The lowest BCUT2D eigenvalue weighted by Crippen LogP contribution is -2.27. The van der Waals surface area contributed by atoms with Crippen molar-refractivity contribution in [2.75, 3.05) is 0 Å². The van der Waals surface area contributed by atoms with Crippen LogP contribution in [0.1, 0.15) is 41.0 Å². The average molecular weight is 271 g/mol. The van der Waals surface area contributed by atoms with Crippen molar-refractivity contribution in [2.24, 2.45) is 0 Å². The van der Waals surface area contributed by atoms with Gasteiger partial charge in [0, 0.05) is 24.2 Å². The molecule has 1 heterocycles. The summed E-state index contributed by atoms with van der Waals surface area (Å²) in [5.41, 5.74) is 8.51. The van der Waals surface area contributed by atoms with Gasteiger partial charge in [0.2, 0.25) is 0 Å². The largest absolute Gasteiger partial charge is 0.264 e. The van der Waals surface area contributed by atoms with Crippen LogP contribution in [0.15, 0.2) is 78.7 Å². The molecule has 2 bridgehead atoms. The Bertz CT molecular complexity index is 747. The van der Waals surface area contributed by atoms with Crippen LogP contribution in [-0.4, -0.2) is 4.98 Å². The zero-order chi connectivity index (χ0) is 14.4. The first-order chi connectivity index (χ1) is 10.3. The number of pyridine rings is 1. The minimum absolute atomic E-state index is 0.311.